The Bertz CT molecular complexity index is 523. The molecule has 2 N–H and O–H groups in total. The quantitative estimate of drug-likeness (QED) is 0.811. The number of ether oxygens (including phenoxy) is 1. The van der Waals surface area contributed by atoms with E-state index in [1.807, 2.05) is 45.9 Å². The van der Waals surface area contributed by atoms with Crippen LogP contribution in [0, 0.1) is 19.8 Å². The van der Waals surface area contributed by atoms with Crippen LogP contribution < -0.4 is 10.1 Å². The number of carboxylic acid groups (broad SMARTS) is 1. The van der Waals surface area contributed by atoms with Crippen molar-refractivity contribution < 1.29 is 14.6 Å². The van der Waals surface area contributed by atoms with Gasteiger partial charge in [-0.3, -0.25) is 10.1 Å². The van der Waals surface area contributed by atoms with Gasteiger partial charge in [0.1, 0.15) is 12.4 Å². The van der Waals surface area contributed by atoms with E-state index >= 15 is 0 Å². The van der Waals surface area contributed by atoms with Crippen LogP contribution in [0.3, 0.4) is 0 Å². The standard InChI is InChI=1S/C17H25NO3/c1-11(2)18-17(16(19)20,14-8-9-14)10-21-15-7-5-6-12(3)13(15)4/h5-7,11,14,18H,8-10H2,1-4H3,(H,19,20). The van der Waals surface area contributed by atoms with Gasteiger partial charge in [-0.05, 0) is 63.6 Å². The van der Waals surface area contributed by atoms with E-state index in [0.29, 0.717) is 0 Å². The van der Waals surface area contributed by atoms with E-state index in [1.165, 1.54) is 0 Å². The third kappa shape index (κ3) is 3.38. The summed E-state index contributed by atoms with van der Waals surface area (Å²) in [7, 11) is 0. The maximum absolute atomic E-state index is 11.9. The summed E-state index contributed by atoms with van der Waals surface area (Å²) < 4.78 is 5.90. The Balaban J connectivity index is 2.19. The minimum atomic E-state index is -0.982. The number of nitrogens with one attached hydrogen (secondary N) is 1. The summed E-state index contributed by atoms with van der Waals surface area (Å²) >= 11 is 0. The van der Waals surface area contributed by atoms with E-state index in [1.54, 1.807) is 0 Å². The second-order valence-electron chi connectivity index (χ2n) is 6.34. The minimum Gasteiger partial charge on any atom is -0.491 e. The minimum absolute atomic E-state index is 0.101. The molecular weight excluding hydrogens is 266 g/mol. The zero-order valence-corrected chi connectivity index (χ0v) is 13.3. The zero-order valence-electron chi connectivity index (χ0n) is 13.3. The van der Waals surface area contributed by atoms with Crippen molar-refractivity contribution in [2.45, 2.75) is 52.1 Å². The molecule has 0 spiro atoms. The molecule has 0 aliphatic heterocycles. The Kier molecular flexibility index (Phi) is 4.57. The summed E-state index contributed by atoms with van der Waals surface area (Å²) in [5, 5.41) is 13.0. The highest BCUT2D eigenvalue weighted by Gasteiger charge is 2.52. The Morgan fingerprint density at radius 1 is 1.43 bits per heavy atom. The molecule has 21 heavy (non-hydrogen) atoms. The molecule has 0 amide bonds. The molecule has 1 unspecified atom stereocenters. The second kappa shape index (κ2) is 6.06. The van der Waals surface area contributed by atoms with E-state index in [2.05, 4.69) is 5.32 Å². The number of rotatable bonds is 7. The van der Waals surface area contributed by atoms with Crippen LogP contribution in [0.2, 0.25) is 0 Å². The highest BCUT2D eigenvalue weighted by Crippen LogP contribution is 2.41. The van der Waals surface area contributed by atoms with E-state index in [4.69, 9.17) is 4.74 Å². The first-order chi connectivity index (χ1) is 9.86. The molecule has 0 radical (unpaired) electrons. The molecule has 0 bridgehead atoms. The number of benzene rings is 1. The molecule has 1 aliphatic carbocycles. The monoisotopic (exact) mass is 291 g/mol. The van der Waals surface area contributed by atoms with Gasteiger partial charge in [-0.15, -0.1) is 0 Å². The van der Waals surface area contributed by atoms with Crippen molar-refractivity contribution in [1.29, 1.82) is 0 Å². The first-order valence-electron chi connectivity index (χ1n) is 7.57. The summed E-state index contributed by atoms with van der Waals surface area (Å²) in [6.45, 7) is 8.13. The Morgan fingerprint density at radius 3 is 2.62 bits per heavy atom. The molecule has 1 aromatic carbocycles. The van der Waals surface area contributed by atoms with Crippen molar-refractivity contribution in [3.05, 3.63) is 29.3 Å². The number of aryl methyl sites for hydroxylation is 1. The predicted octanol–water partition coefficient (Wildman–Crippen LogP) is 2.91. The van der Waals surface area contributed by atoms with Gasteiger partial charge in [0.05, 0.1) is 0 Å². The fourth-order valence-corrected chi connectivity index (χ4v) is 2.74. The van der Waals surface area contributed by atoms with Crippen LogP contribution in [0.5, 0.6) is 5.75 Å². The van der Waals surface area contributed by atoms with E-state index in [0.717, 1.165) is 29.7 Å². The lowest BCUT2D eigenvalue weighted by molar-refractivity contribution is -0.148. The topological polar surface area (TPSA) is 58.6 Å². The van der Waals surface area contributed by atoms with Gasteiger partial charge in [-0.2, -0.15) is 0 Å². The van der Waals surface area contributed by atoms with E-state index in [-0.39, 0.29) is 18.6 Å². The largest absolute Gasteiger partial charge is 0.491 e. The Labute approximate surface area is 126 Å². The van der Waals surface area contributed by atoms with Crippen LogP contribution in [-0.4, -0.2) is 29.3 Å². The average Bonchev–Trinajstić information content (AvgIpc) is 3.22. The number of hydrogen-bond donors (Lipinski definition) is 2. The van der Waals surface area contributed by atoms with Crippen molar-refractivity contribution >= 4 is 5.97 Å². The summed E-state index contributed by atoms with van der Waals surface area (Å²) in [5.74, 6) is 0.110. The molecule has 0 heterocycles. The van der Waals surface area contributed by atoms with Crippen LogP contribution in [0.4, 0.5) is 0 Å². The smallest absolute Gasteiger partial charge is 0.327 e. The van der Waals surface area contributed by atoms with Crippen molar-refractivity contribution in [2.75, 3.05) is 6.61 Å². The third-order valence-corrected chi connectivity index (χ3v) is 4.21. The SMILES string of the molecule is Cc1cccc(OCC(NC(C)C)(C(=O)O)C2CC2)c1C. The summed E-state index contributed by atoms with van der Waals surface area (Å²) in [4.78, 5) is 11.9. The Hall–Kier alpha value is -1.55. The van der Waals surface area contributed by atoms with Gasteiger partial charge in [0, 0.05) is 6.04 Å². The van der Waals surface area contributed by atoms with Crippen LogP contribution in [0.1, 0.15) is 37.8 Å². The molecule has 1 saturated carbocycles. The van der Waals surface area contributed by atoms with E-state index in [9.17, 15) is 9.90 Å². The summed E-state index contributed by atoms with van der Waals surface area (Å²) in [6.07, 6.45) is 1.89. The molecule has 4 heteroatoms. The zero-order chi connectivity index (χ0) is 15.6. The lowest BCUT2D eigenvalue weighted by atomic mass is 9.93. The van der Waals surface area contributed by atoms with Crippen molar-refractivity contribution in [2.24, 2.45) is 5.92 Å². The van der Waals surface area contributed by atoms with Gasteiger partial charge < -0.3 is 9.84 Å². The van der Waals surface area contributed by atoms with Crippen molar-refractivity contribution in [3.63, 3.8) is 0 Å². The Morgan fingerprint density at radius 2 is 2.10 bits per heavy atom. The maximum Gasteiger partial charge on any atom is 0.327 e. The summed E-state index contributed by atoms with van der Waals surface area (Å²) in [6, 6.07) is 5.97. The lowest BCUT2D eigenvalue weighted by Crippen LogP contribution is -2.60. The first kappa shape index (κ1) is 15.8. The van der Waals surface area contributed by atoms with Crippen molar-refractivity contribution in [1.82, 2.24) is 5.32 Å². The number of carbonyl (C=O) groups is 1. The number of carboxylic acids is 1. The first-order valence-corrected chi connectivity index (χ1v) is 7.57. The summed E-state index contributed by atoms with van der Waals surface area (Å²) in [5.41, 5.74) is 1.23. The molecule has 0 aromatic heterocycles. The van der Waals surface area contributed by atoms with Crippen molar-refractivity contribution in [3.8, 4) is 5.75 Å². The molecule has 1 atom stereocenters. The molecule has 4 nitrogen and oxygen atoms in total. The van der Waals surface area contributed by atoms with E-state index < -0.39 is 11.5 Å². The molecule has 2 rings (SSSR count). The van der Waals surface area contributed by atoms with Crippen LogP contribution in [0.15, 0.2) is 18.2 Å². The highest BCUT2D eigenvalue weighted by molar-refractivity contribution is 5.80. The molecular formula is C17H25NO3. The molecule has 1 aliphatic rings. The molecule has 1 aromatic rings. The average molecular weight is 291 g/mol. The molecule has 0 saturated heterocycles. The predicted molar refractivity (Wildman–Crippen MR) is 82.8 cm³/mol. The lowest BCUT2D eigenvalue weighted by Gasteiger charge is -2.33. The second-order valence-corrected chi connectivity index (χ2v) is 6.34. The van der Waals surface area contributed by atoms with Gasteiger partial charge in [-0.25, -0.2) is 0 Å². The van der Waals surface area contributed by atoms with Crippen LogP contribution >= 0.6 is 0 Å². The fraction of sp³-hybridized carbons (Fsp3) is 0.588. The highest BCUT2D eigenvalue weighted by atomic mass is 16.5. The molecule has 116 valence electrons. The van der Waals surface area contributed by atoms with Gasteiger partial charge in [-0.1, -0.05) is 12.1 Å². The van der Waals surface area contributed by atoms with Crippen LogP contribution in [0.25, 0.3) is 0 Å². The van der Waals surface area contributed by atoms with Gasteiger partial charge in [0.2, 0.25) is 0 Å². The van der Waals surface area contributed by atoms with Gasteiger partial charge in [0.25, 0.3) is 0 Å². The number of hydrogen-bond acceptors (Lipinski definition) is 3. The van der Waals surface area contributed by atoms with Crippen LogP contribution in [-0.2, 0) is 4.79 Å². The fourth-order valence-electron chi connectivity index (χ4n) is 2.74. The van der Waals surface area contributed by atoms with Gasteiger partial charge in [0.15, 0.2) is 5.54 Å². The normalized spacial score (nSPS) is 17.6. The maximum atomic E-state index is 11.9. The van der Waals surface area contributed by atoms with Gasteiger partial charge >= 0.3 is 5.97 Å². The number of aliphatic carboxylic acids is 1. The third-order valence-electron chi connectivity index (χ3n) is 4.21. The molecule has 1 fully saturated rings.